The van der Waals surface area contributed by atoms with Crippen molar-refractivity contribution in [2.75, 3.05) is 13.1 Å². The lowest BCUT2D eigenvalue weighted by atomic mass is 9.85. The van der Waals surface area contributed by atoms with Gasteiger partial charge in [-0.3, -0.25) is 4.90 Å². The van der Waals surface area contributed by atoms with Gasteiger partial charge >= 0.3 is 5.97 Å². The van der Waals surface area contributed by atoms with Crippen LogP contribution < -0.4 is 0 Å². The van der Waals surface area contributed by atoms with E-state index in [1.54, 1.807) is 0 Å². The van der Waals surface area contributed by atoms with Gasteiger partial charge in [-0.15, -0.1) is 0 Å². The molecule has 2 N–H and O–H groups in total. The molecule has 1 heterocycles. The van der Waals surface area contributed by atoms with Crippen molar-refractivity contribution < 1.29 is 15.0 Å². The van der Waals surface area contributed by atoms with Gasteiger partial charge in [0.1, 0.15) is 0 Å². The summed E-state index contributed by atoms with van der Waals surface area (Å²) in [6.07, 6.45) is 1.17. The molecule has 94 valence electrons. The summed E-state index contributed by atoms with van der Waals surface area (Å²) in [7, 11) is 0. The molecule has 0 bridgehead atoms. The number of aliphatic carboxylic acids is 1. The highest BCUT2D eigenvalue weighted by molar-refractivity contribution is 5.76. The van der Waals surface area contributed by atoms with Gasteiger partial charge in [0.2, 0.25) is 0 Å². The highest BCUT2D eigenvalue weighted by Crippen LogP contribution is 2.28. The fourth-order valence-corrected chi connectivity index (χ4v) is 2.50. The van der Waals surface area contributed by atoms with Gasteiger partial charge in [0.15, 0.2) is 5.60 Å². The predicted molar refractivity (Wildman–Crippen MR) is 62.2 cm³/mol. The smallest absolute Gasteiger partial charge is 0.336 e. The number of carboxylic acids is 1. The first kappa shape index (κ1) is 13.5. The minimum absolute atomic E-state index is 0.207. The van der Waals surface area contributed by atoms with Crippen LogP contribution in [0.15, 0.2) is 0 Å². The number of carboxylic acid groups (broad SMARTS) is 1. The zero-order valence-corrected chi connectivity index (χ0v) is 10.6. The average Bonchev–Trinajstić information content (AvgIpc) is 2.12. The van der Waals surface area contributed by atoms with Gasteiger partial charge in [0, 0.05) is 19.1 Å². The molecule has 1 aliphatic rings. The van der Waals surface area contributed by atoms with E-state index in [4.69, 9.17) is 5.11 Å². The lowest BCUT2D eigenvalue weighted by Gasteiger charge is -2.43. The average molecular weight is 229 g/mol. The molecular formula is C12H23NO3. The van der Waals surface area contributed by atoms with Gasteiger partial charge in [0.05, 0.1) is 0 Å². The van der Waals surface area contributed by atoms with Gasteiger partial charge in [0.25, 0.3) is 0 Å². The van der Waals surface area contributed by atoms with Crippen LogP contribution in [0.3, 0.4) is 0 Å². The lowest BCUT2D eigenvalue weighted by molar-refractivity contribution is -0.160. The number of rotatable bonds is 3. The molecule has 16 heavy (non-hydrogen) atoms. The summed E-state index contributed by atoms with van der Waals surface area (Å²) in [6.45, 7) is 8.90. The monoisotopic (exact) mass is 229 g/mol. The number of nitrogens with zero attached hydrogens (tertiary/aromatic N) is 1. The van der Waals surface area contributed by atoms with Crippen molar-refractivity contribution >= 4 is 5.97 Å². The number of β-amino-alcohol motifs (C(OH)–C–C–N with tert-alkyl or cyclic N) is 1. The second-order valence-corrected chi connectivity index (χ2v) is 5.57. The molecule has 0 amide bonds. The molecular weight excluding hydrogens is 206 g/mol. The number of likely N-dealkylation sites (tertiary alicyclic amines) is 1. The Bertz CT molecular complexity index is 265. The van der Waals surface area contributed by atoms with E-state index in [0.29, 0.717) is 17.9 Å². The highest BCUT2D eigenvalue weighted by atomic mass is 16.4. The van der Waals surface area contributed by atoms with Crippen molar-refractivity contribution in [3.8, 4) is 0 Å². The molecule has 0 aromatic heterocycles. The third-order valence-corrected chi connectivity index (χ3v) is 3.69. The standard InChI is InChI=1S/C12H23NO3/c1-8-5-9(2)10(3)13(6-8)7-12(4,16)11(14)15/h8-10,16H,5-7H2,1-4H3,(H,14,15). The minimum atomic E-state index is -1.65. The van der Waals surface area contributed by atoms with E-state index in [0.717, 1.165) is 6.54 Å². The molecule has 0 aliphatic carbocycles. The summed E-state index contributed by atoms with van der Waals surface area (Å²) >= 11 is 0. The van der Waals surface area contributed by atoms with Crippen molar-refractivity contribution in [1.29, 1.82) is 0 Å². The SMILES string of the molecule is CC1CC(C)C(C)N(CC(C)(O)C(=O)O)C1. The molecule has 1 saturated heterocycles. The lowest BCUT2D eigenvalue weighted by Crippen LogP contribution is -2.54. The van der Waals surface area contributed by atoms with E-state index < -0.39 is 11.6 Å². The van der Waals surface area contributed by atoms with Crippen LogP contribution in [0.4, 0.5) is 0 Å². The van der Waals surface area contributed by atoms with Crippen LogP contribution in [0, 0.1) is 11.8 Å². The van der Waals surface area contributed by atoms with Crippen molar-refractivity contribution in [2.24, 2.45) is 11.8 Å². The van der Waals surface area contributed by atoms with Gasteiger partial charge in [-0.1, -0.05) is 13.8 Å². The normalized spacial score (nSPS) is 35.7. The molecule has 1 fully saturated rings. The third-order valence-electron chi connectivity index (χ3n) is 3.69. The van der Waals surface area contributed by atoms with Crippen LogP contribution in [-0.2, 0) is 4.79 Å². The van der Waals surface area contributed by atoms with E-state index in [9.17, 15) is 9.90 Å². The van der Waals surface area contributed by atoms with E-state index in [-0.39, 0.29) is 6.54 Å². The van der Waals surface area contributed by atoms with Crippen LogP contribution in [0.1, 0.15) is 34.1 Å². The second kappa shape index (κ2) is 4.72. The summed E-state index contributed by atoms with van der Waals surface area (Å²) in [5, 5.41) is 18.7. The van der Waals surface area contributed by atoms with E-state index in [1.165, 1.54) is 13.3 Å². The third kappa shape index (κ3) is 2.95. The first-order valence-corrected chi connectivity index (χ1v) is 5.94. The molecule has 1 aliphatic heterocycles. The van der Waals surface area contributed by atoms with E-state index >= 15 is 0 Å². The summed E-state index contributed by atoms with van der Waals surface area (Å²) in [5.74, 6) is -0.0327. The van der Waals surface area contributed by atoms with Crippen molar-refractivity contribution in [2.45, 2.75) is 45.8 Å². The molecule has 0 aromatic rings. The Morgan fingerprint density at radius 1 is 1.44 bits per heavy atom. The molecule has 4 unspecified atom stereocenters. The number of aliphatic hydroxyl groups is 1. The van der Waals surface area contributed by atoms with Crippen molar-refractivity contribution in [1.82, 2.24) is 4.90 Å². The van der Waals surface area contributed by atoms with Crippen molar-refractivity contribution in [3.05, 3.63) is 0 Å². The van der Waals surface area contributed by atoms with Gasteiger partial charge in [-0.25, -0.2) is 4.79 Å². The first-order chi connectivity index (χ1) is 7.24. The molecule has 4 atom stereocenters. The summed E-state index contributed by atoms with van der Waals surface area (Å²) < 4.78 is 0. The molecule has 0 aromatic carbocycles. The van der Waals surface area contributed by atoms with E-state index in [1.807, 2.05) is 0 Å². The quantitative estimate of drug-likeness (QED) is 0.763. The maximum atomic E-state index is 10.9. The van der Waals surface area contributed by atoms with Crippen LogP contribution in [-0.4, -0.2) is 45.8 Å². The molecule has 4 heteroatoms. The Kier molecular flexibility index (Phi) is 3.97. The van der Waals surface area contributed by atoms with Gasteiger partial charge in [-0.2, -0.15) is 0 Å². The Morgan fingerprint density at radius 2 is 2.00 bits per heavy atom. The topological polar surface area (TPSA) is 60.8 Å². The highest BCUT2D eigenvalue weighted by Gasteiger charge is 2.37. The van der Waals surface area contributed by atoms with Crippen LogP contribution in [0.25, 0.3) is 0 Å². The van der Waals surface area contributed by atoms with Crippen molar-refractivity contribution in [3.63, 3.8) is 0 Å². The number of hydrogen-bond donors (Lipinski definition) is 2. The Labute approximate surface area is 97.3 Å². The van der Waals surface area contributed by atoms with Gasteiger partial charge in [-0.05, 0) is 32.1 Å². The Balaban J connectivity index is 2.68. The second-order valence-electron chi connectivity index (χ2n) is 5.57. The molecule has 0 radical (unpaired) electrons. The molecule has 1 rings (SSSR count). The van der Waals surface area contributed by atoms with E-state index in [2.05, 4.69) is 25.7 Å². The summed E-state index contributed by atoms with van der Waals surface area (Å²) in [6, 6.07) is 0.335. The largest absolute Gasteiger partial charge is 0.479 e. The molecule has 4 nitrogen and oxygen atoms in total. The molecule has 0 spiro atoms. The first-order valence-electron chi connectivity index (χ1n) is 5.94. The Morgan fingerprint density at radius 3 is 2.50 bits per heavy atom. The number of carbonyl (C=O) groups is 1. The summed E-state index contributed by atoms with van der Waals surface area (Å²) in [5.41, 5.74) is -1.65. The zero-order valence-electron chi connectivity index (χ0n) is 10.6. The number of piperidine rings is 1. The fourth-order valence-electron chi connectivity index (χ4n) is 2.50. The summed E-state index contributed by atoms with van der Waals surface area (Å²) in [4.78, 5) is 13.0. The fraction of sp³-hybridized carbons (Fsp3) is 0.917. The Hall–Kier alpha value is -0.610. The minimum Gasteiger partial charge on any atom is -0.479 e. The zero-order chi connectivity index (χ0) is 12.5. The van der Waals surface area contributed by atoms with Gasteiger partial charge < -0.3 is 10.2 Å². The number of hydrogen-bond acceptors (Lipinski definition) is 3. The maximum Gasteiger partial charge on any atom is 0.336 e. The van der Waals surface area contributed by atoms with Crippen LogP contribution >= 0.6 is 0 Å². The maximum absolute atomic E-state index is 10.9. The molecule has 0 saturated carbocycles. The van der Waals surface area contributed by atoms with Crippen LogP contribution in [0.2, 0.25) is 0 Å². The predicted octanol–water partition coefficient (Wildman–Crippen LogP) is 1.19. The van der Waals surface area contributed by atoms with Crippen LogP contribution in [0.5, 0.6) is 0 Å².